The quantitative estimate of drug-likeness (QED) is 0.525. The third-order valence-corrected chi connectivity index (χ3v) is 6.42. The Morgan fingerprint density at radius 1 is 1.07 bits per heavy atom. The van der Waals surface area contributed by atoms with E-state index in [1.54, 1.807) is 42.5 Å². The van der Waals surface area contributed by atoms with Crippen molar-refractivity contribution >= 4 is 52.3 Å². The molecule has 0 bridgehead atoms. The number of carbonyl (C=O) groups excluding carboxylic acids is 2. The first kappa shape index (κ1) is 22.9. The van der Waals surface area contributed by atoms with Crippen molar-refractivity contribution in [3.8, 4) is 0 Å². The Hall–Kier alpha value is -1.75. The Morgan fingerprint density at radius 2 is 1.73 bits per heavy atom. The normalized spacial score (nSPS) is 15.5. The number of nitrogens with zero attached hydrogens (tertiary/aromatic N) is 1. The zero-order valence-electron chi connectivity index (χ0n) is 16.8. The standard InChI is InChI=1S/C23H25Cl3N2O2/c1-15-19(26)8-5-9-20(15)28(21(29)14-24)22(16-10-12-17(25)13-11-16)23(30)27-18-6-3-2-4-7-18/h5,8-13,18,22H,2-4,6-7,14H2,1H3,(H,27,30). The van der Waals surface area contributed by atoms with E-state index in [2.05, 4.69) is 5.32 Å². The van der Waals surface area contributed by atoms with Gasteiger partial charge in [0, 0.05) is 21.8 Å². The molecule has 0 spiro atoms. The molecule has 1 unspecified atom stereocenters. The fourth-order valence-electron chi connectivity index (χ4n) is 3.93. The number of benzene rings is 2. The molecular formula is C23H25Cl3N2O2. The van der Waals surface area contributed by atoms with E-state index in [1.807, 2.05) is 6.92 Å². The number of anilines is 1. The minimum Gasteiger partial charge on any atom is -0.351 e. The summed E-state index contributed by atoms with van der Waals surface area (Å²) in [6, 6.07) is 11.5. The number of rotatable bonds is 6. The van der Waals surface area contributed by atoms with Gasteiger partial charge in [-0.1, -0.05) is 60.7 Å². The smallest absolute Gasteiger partial charge is 0.248 e. The fraction of sp³-hybridized carbons (Fsp3) is 0.391. The molecule has 0 radical (unpaired) electrons. The monoisotopic (exact) mass is 466 g/mol. The van der Waals surface area contributed by atoms with Crippen molar-refractivity contribution in [2.45, 2.75) is 51.1 Å². The van der Waals surface area contributed by atoms with Gasteiger partial charge in [0.1, 0.15) is 11.9 Å². The van der Waals surface area contributed by atoms with Crippen molar-refractivity contribution in [1.82, 2.24) is 5.32 Å². The van der Waals surface area contributed by atoms with Crippen LogP contribution in [0.4, 0.5) is 5.69 Å². The predicted octanol–water partition coefficient (Wildman–Crippen LogP) is 6.06. The van der Waals surface area contributed by atoms with Crippen LogP contribution in [0.5, 0.6) is 0 Å². The lowest BCUT2D eigenvalue weighted by Gasteiger charge is -2.34. The molecule has 2 aromatic carbocycles. The molecule has 160 valence electrons. The maximum Gasteiger partial charge on any atom is 0.248 e. The van der Waals surface area contributed by atoms with E-state index < -0.39 is 6.04 Å². The number of nitrogens with one attached hydrogen (secondary N) is 1. The fourth-order valence-corrected chi connectivity index (χ4v) is 4.35. The zero-order valence-corrected chi connectivity index (χ0v) is 19.1. The highest BCUT2D eigenvalue weighted by molar-refractivity contribution is 6.32. The second-order valence-electron chi connectivity index (χ2n) is 7.58. The number of carbonyl (C=O) groups is 2. The molecule has 1 saturated carbocycles. The van der Waals surface area contributed by atoms with Crippen molar-refractivity contribution in [3.63, 3.8) is 0 Å². The molecule has 4 nitrogen and oxygen atoms in total. The predicted molar refractivity (Wildman–Crippen MR) is 124 cm³/mol. The van der Waals surface area contributed by atoms with Gasteiger partial charge in [-0.15, -0.1) is 11.6 Å². The Morgan fingerprint density at radius 3 is 2.37 bits per heavy atom. The van der Waals surface area contributed by atoms with Crippen LogP contribution in [0.15, 0.2) is 42.5 Å². The highest BCUT2D eigenvalue weighted by Crippen LogP contribution is 2.34. The summed E-state index contributed by atoms with van der Waals surface area (Å²) in [5.74, 6) is -0.866. The molecule has 0 aliphatic heterocycles. The summed E-state index contributed by atoms with van der Waals surface area (Å²) >= 11 is 18.4. The molecule has 2 amide bonds. The molecule has 1 aliphatic rings. The molecule has 0 saturated heterocycles. The average Bonchev–Trinajstić information content (AvgIpc) is 2.75. The summed E-state index contributed by atoms with van der Waals surface area (Å²) < 4.78 is 0. The van der Waals surface area contributed by atoms with Gasteiger partial charge in [-0.05, 0) is 55.2 Å². The van der Waals surface area contributed by atoms with Crippen LogP contribution in [0.25, 0.3) is 0 Å². The van der Waals surface area contributed by atoms with Crippen molar-refractivity contribution in [2.75, 3.05) is 10.8 Å². The Balaban J connectivity index is 2.06. The van der Waals surface area contributed by atoms with Gasteiger partial charge in [0.25, 0.3) is 0 Å². The molecule has 2 aromatic rings. The first-order valence-corrected chi connectivity index (χ1v) is 11.4. The SMILES string of the molecule is Cc1c(Cl)cccc1N(C(=O)CCl)C(C(=O)NC1CCCCC1)c1ccc(Cl)cc1. The van der Waals surface area contributed by atoms with Crippen molar-refractivity contribution < 1.29 is 9.59 Å². The Bertz CT molecular complexity index is 896. The highest BCUT2D eigenvalue weighted by atomic mass is 35.5. The Labute approximate surface area is 192 Å². The number of hydrogen-bond acceptors (Lipinski definition) is 2. The lowest BCUT2D eigenvalue weighted by atomic mass is 9.94. The van der Waals surface area contributed by atoms with Gasteiger partial charge in [0.15, 0.2) is 0 Å². The van der Waals surface area contributed by atoms with Crippen LogP contribution in [0.3, 0.4) is 0 Å². The molecule has 0 heterocycles. The first-order valence-electron chi connectivity index (χ1n) is 10.1. The average molecular weight is 468 g/mol. The van der Waals surface area contributed by atoms with E-state index in [4.69, 9.17) is 34.8 Å². The van der Waals surface area contributed by atoms with Crippen LogP contribution in [-0.4, -0.2) is 23.7 Å². The third-order valence-electron chi connectivity index (χ3n) is 5.53. The van der Waals surface area contributed by atoms with Gasteiger partial charge in [-0.25, -0.2) is 0 Å². The van der Waals surface area contributed by atoms with Gasteiger partial charge >= 0.3 is 0 Å². The van der Waals surface area contributed by atoms with Crippen molar-refractivity contribution in [2.24, 2.45) is 0 Å². The molecule has 1 fully saturated rings. The minimum atomic E-state index is -0.882. The summed E-state index contributed by atoms with van der Waals surface area (Å²) in [6.07, 6.45) is 5.26. The lowest BCUT2D eigenvalue weighted by Crippen LogP contribution is -2.48. The van der Waals surface area contributed by atoms with Gasteiger partial charge in [0.05, 0.1) is 0 Å². The second kappa shape index (κ2) is 10.5. The zero-order chi connectivity index (χ0) is 21.7. The topological polar surface area (TPSA) is 49.4 Å². The molecule has 1 N–H and O–H groups in total. The van der Waals surface area contributed by atoms with Crippen molar-refractivity contribution in [3.05, 3.63) is 63.6 Å². The number of amides is 2. The summed E-state index contributed by atoms with van der Waals surface area (Å²) in [7, 11) is 0. The summed E-state index contributed by atoms with van der Waals surface area (Å²) in [5.41, 5.74) is 1.93. The van der Waals surface area contributed by atoms with Crippen LogP contribution in [0, 0.1) is 6.92 Å². The molecule has 3 rings (SSSR count). The van der Waals surface area contributed by atoms with E-state index in [0.717, 1.165) is 25.7 Å². The molecule has 7 heteroatoms. The minimum absolute atomic E-state index is 0.106. The van der Waals surface area contributed by atoms with E-state index in [9.17, 15) is 9.59 Å². The molecular weight excluding hydrogens is 443 g/mol. The van der Waals surface area contributed by atoms with Crippen LogP contribution in [-0.2, 0) is 9.59 Å². The molecule has 0 aromatic heterocycles. The number of hydrogen-bond donors (Lipinski definition) is 1. The molecule has 1 aliphatic carbocycles. The maximum atomic E-state index is 13.5. The number of halogens is 3. The summed E-state index contributed by atoms with van der Waals surface area (Å²) in [5, 5.41) is 4.22. The second-order valence-corrected chi connectivity index (χ2v) is 8.69. The summed E-state index contributed by atoms with van der Waals surface area (Å²) in [6.45, 7) is 1.82. The molecule has 30 heavy (non-hydrogen) atoms. The van der Waals surface area contributed by atoms with Gasteiger partial charge in [-0.3, -0.25) is 14.5 Å². The first-order chi connectivity index (χ1) is 14.4. The maximum absolute atomic E-state index is 13.5. The molecule has 1 atom stereocenters. The highest BCUT2D eigenvalue weighted by Gasteiger charge is 2.34. The Kier molecular flexibility index (Phi) is 8.04. The van der Waals surface area contributed by atoms with E-state index >= 15 is 0 Å². The van der Waals surface area contributed by atoms with Crippen LogP contribution >= 0.6 is 34.8 Å². The number of alkyl halides is 1. The van der Waals surface area contributed by atoms with Crippen LogP contribution < -0.4 is 10.2 Å². The largest absolute Gasteiger partial charge is 0.351 e. The van der Waals surface area contributed by atoms with Gasteiger partial charge in [0.2, 0.25) is 11.8 Å². The van der Waals surface area contributed by atoms with Crippen LogP contribution in [0.2, 0.25) is 10.0 Å². The third kappa shape index (κ3) is 5.29. The summed E-state index contributed by atoms with van der Waals surface area (Å²) in [4.78, 5) is 28.0. The van der Waals surface area contributed by atoms with Crippen molar-refractivity contribution in [1.29, 1.82) is 0 Å². The lowest BCUT2D eigenvalue weighted by molar-refractivity contribution is -0.126. The van der Waals surface area contributed by atoms with Crippen LogP contribution in [0.1, 0.15) is 49.3 Å². The van der Waals surface area contributed by atoms with E-state index in [-0.39, 0.29) is 23.7 Å². The van der Waals surface area contributed by atoms with E-state index in [1.165, 1.54) is 11.3 Å². The van der Waals surface area contributed by atoms with E-state index in [0.29, 0.717) is 26.9 Å². The van der Waals surface area contributed by atoms with Gasteiger partial charge < -0.3 is 5.32 Å². The van der Waals surface area contributed by atoms with Gasteiger partial charge in [-0.2, -0.15) is 0 Å².